The van der Waals surface area contributed by atoms with Gasteiger partial charge >= 0.3 is 6.03 Å². The predicted molar refractivity (Wildman–Crippen MR) is 109 cm³/mol. The van der Waals surface area contributed by atoms with Crippen molar-refractivity contribution in [3.05, 3.63) is 59.1 Å². The molecule has 0 unspecified atom stereocenters. The summed E-state index contributed by atoms with van der Waals surface area (Å²) < 4.78 is 5.17. The number of nitrogens with zero attached hydrogens (tertiary/aromatic N) is 1. The molecule has 2 amide bonds. The Kier molecular flexibility index (Phi) is 6.96. The number of carbonyl (C=O) groups is 1. The van der Waals surface area contributed by atoms with Gasteiger partial charge in [-0.15, -0.1) is 0 Å². The molecular formula is C21H26ClN3O2. The predicted octanol–water partition coefficient (Wildman–Crippen LogP) is 4.38. The molecule has 2 aromatic rings. The van der Waals surface area contributed by atoms with Crippen molar-refractivity contribution in [1.29, 1.82) is 0 Å². The minimum Gasteiger partial charge on any atom is -0.497 e. The Morgan fingerprint density at radius 3 is 2.70 bits per heavy atom. The smallest absolute Gasteiger partial charge is 0.319 e. The van der Waals surface area contributed by atoms with Crippen molar-refractivity contribution in [2.75, 3.05) is 32.1 Å². The Bertz CT molecular complexity index is 761. The molecule has 144 valence electrons. The van der Waals surface area contributed by atoms with Gasteiger partial charge in [-0.2, -0.15) is 0 Å². The van der Waals surface area contributed by atoms with Crippen LogP contribution in [0, 0.1) is 5.92 Å². The normalized spacial score (nSPS) is 15.3. The van der Waals surface area contributed by atoms with Crippen molar-refractivity contribution in [2.24, 2.45) is 5.92 Å². The van der Waals surface area contributed by atoms with Crippen LogP contribution in [0.15, 0.2) is 48.5 Å². The van der Waals surface area contributed by atoms with Gasteiger partial charge in [0.15, 0.2) is 0 Å². The first-order valence-electron chi connectivity index (χ1n) is 9.28. The summed E-state index contributed by atoms with van der Waals surface area (Å²) in [5.74, 6) is 1.23. The molecule has 3 rings (SSSR count). The standard InChI is InChI=1S/C21H26ClN3O2/c1-27-20-7-3-6-19(13-20)24-21(26)23-14-16-8-10-25(11-9-16)15-17-4-2-5-18(22)12-17/h2-7,12-13,16H,8-11,14-15H2,1H3,(H2,23,24,26). The van der Waals surface area contributed by atoms with Crippen LogP contribution < -0.4 is 15.4 Å². The molecule has 0 aliphatic carbocycles. The summed E-state index contributed by atoms with van der Waals surface area (Å²) in [6.45, 7) is 3.70. The van der Waals surface area contributed by atoms with Crippen LogP contribution in [0.25, 0.3) is 0 Å². The van der Waals surface area contributed by atoms with Crippen LogP contribution in [-0.4, -0.2) is 37.7 Å². The fourth-order valence-corrected chi connectivity index (χ4v) is 3.57. The van der Waals surface area contributed by atoms with E-state index in [1.807, 2.05) is 36.4 Å². The lowest BCUT2D eigenvalue weighted by atomic mass is 9.96. The second kappa shape index (κ2) is 9.62. The van der Waals surface area contributed by atoms with Gasteiger partial charge in [-0.1, -0.05) is 29.8 Å². The maximum absolute atomic E-state index is 12.1. The molecule has 1 aliphatic heterocycles. The van der Waals surface area contributed by atoms with Gasteiger partial charge in [0.1, 0.15) is 5.75 Å². The van der Waals surface area contributed by atoms with Gasteiger partial charge in [-0.3, -0.25) is 4.90 Å². The summed E-state index contributed by atoms with van der Waals surface area (Å²) in [6.07, 6.45) is 2.17. The van der Waals surface area contributed by atoms with E-state index in [4.69, 9.17) is 16.3 Å². The van der Waals surface area contributed by atoms with E-state index >= 15 is 0 Å². The molecule has 1 heterocycles. The molecule has 1 aliphatic rings. The van der Waals surface area contributed by atoms with Crippen LogP contribution in [-0.2, 0) is 6.54 Å². The fourth-order valence-electron chi connectivity index (χ4n) is 3.36. The highest BCUT2D eigenvalue weighted by atomic mass is 35.5. The lowest BCUT2D eigenvalue weighted by Crippen LogP contribution is -2.39. The third-order valence-corrected chi connectivity index (χ3v) is 5.12. The SMILES string of the molecule is COc1cccc(NC(=O)NCC2CCN(Cc3cccc(Cl)c3)CC2)c1. The Labute approximate surface area is 165 Å². The van der Waals surface area contributed by atoms with E-state index < -0.39 is 0 Å². The third kappa shape index (κ3) is 6.15. The molecule has 2 aromatic carbocycles. The summed E-state index contributed by atoms with van der Waals surface area (Å²) in [6, 6.07) is 15.2. The number of halogens is 1. The number of hydrogen-bond donors (Lipinski definition) is 2. The zero-order valence-corrected chi connectivity index (χ0v) is 16.3. The molecule has 0 radical (unpaired) electrons. The number of piperidine rings is 1. The van der Waals surface area contributed by atoms with E-state index in [1.165, 1.54) is 5.56 Å². The van der Waals surface area contributed by atoms with Crippen LogP contribution in [0.3, 0.4) is 0 Å². The van der Waals surface area contributed by atoms with Crippen LogP contribution in [0.1, 0.15) is 18.4 Å². The molecule has 0 bridgehead atoms. The maximum atomic E-state index is 12.1. The van der Waals surface area contributed by atoms with Gasteiger partial charge in [0.05, 0.1) is 7.11 Å². The second-order valence-electron chi connectivity index (χ2n) is 6.92. The van der Waals surface area contributed by atoms with Gasteiger partial charge in [0.25, 0.3) is 0 Å². The number of ether oxygens (including phenoxy) is 1. The van der Waals surface area contributed by atoms with E-state index in [-0.39, 0.29) is 6.03 Å². The molecule has 0 atom stereocenters. The number of amides is 2. The minimum atomic E-state index is -0.176. The molecule has 5 nitrogen and oxygen atoms in total. The van der Waals surface area contributed by atoms with E-state index in [0.29, 0.717) is 12.5 Å². The molecule has 0 saturated carbocycles. The van der Waals surface area contributed by atoms with Gasteiger partial charge in [-0.05, 0) is 61.7 Å². The van der Waals surface area contributed by atoms with Crippen molar-refractivity contribution < 1.29 is 9.53 Å². The van der Waals surface area contributed by atoms with Crippen molar-refractivity contribution in [2.45, 2.75) is 19.4 Å². The quantitative estimate of drug-likeness (QED) is 0.773. The van der Waals surface area contributed by atoms with Gasteiger partial charge in [0, 0.05) is 29.9 Å². The maximum Gasteiger partial charge on any atom is 0.319 e. The summed E-state index contributed by atoms with van der Waals surface area (Å²) in [7, 11) is 1.61. The highest BCUT2D eigenvalue weighted by Crippen LogP contribution is 2.20. The average molecular weight is 388 g/mol. The lowest BCUT2D eigenvalue weighted by Gasteiger charge is -2.32. The fraction of sp³-hybridized carbons (Fsp3) is 0.381. The number of hydrogen-bond acceptors (Lipinski definition) is 3. The average Bonchev–Trinajstić information content (AvgIpc) is 2.68. The van der Waals surface area contributed by atoms with Crippen LogP contribution in [0.2, 0.25) is 5.02 Å². The van der Waals surface area contributed by atoms with E-state index in [9.17, 15) is 4.79 Å². The number of rotatable bonds is 6. The molecule has 6 heteroatoms. The topological polar surface area (TPSA) is 53.6 Å². The van der Waals surface area contributed by atoms with Crippen LogP contribution >= 0.6 is 11.6 Å². The molecule has 0 spiro atoms. The molecule has 2 N–H and O–H groups in total. The molecule has 1 saturated heterocycles. The third-order valence-electron chi connectivity index (χ3n) is 4.88. The van der Waals surface area contributed by atoms with Crippen molar-refractivity contribution in [3.8, 4) is 5.75 Å². The highest BCUT2D eigenvalue weighted by Gasteiger charge is 2.19. The Morgan fingerprint density at radius 2 is 1.96 bits per heavy atom. The number of carbonyl (C=O) groups excluding carboxylic acids is 1. The molecule has 1 fully saturated rings. The highest BCUT2D eigenvalue weighted by molar-refractivity contribution is 6.30. The molecule has 27 heavy (non-hydrogen) atoms. The first-order chi connectivity index (χ1) is 13.1. The second-order valence-corrected chi connectivity index (χ2v) is 7.35. The molecule has 0 aromatic heterocycles. The van der Waals surface area contributed by atoms with Crippen molar-refractivity contribution in [3.63, 3.8) is 0 Å². The number of nitrogens with one attached hydrogen (secondary N) is 2. The first kappa shape index (κ1) is 19.5. The van der Waals surface area contributed by atoms with Crippen LogP contribution in [0.4, 0.5) is 10.5 Å². The number of benzene rings is 2. The summed E-state index contributed by atoms with van der Waals surface area (Å²) in [5, 5.41) is 6.62. The van der Waals surface area contributed by atoms with Gasteiger partial charge in [-0.25, -0.2) is 4.79 Å². The van der Waals surface area contributed by atoms with Crippen LogP contribution in [0.5, 0.6) is 5.75 Å². The zero-order valence-electron chi connectivity index (χ0n) is 15.6. The summed E-state index contributed by atoms with van der Waals surface area (Å²) in [4.78, 5) is 14.5. The number of anilines is 1. The van der Waals surface area contributed by atoms with Crippen molar-refractivity contribution >= 4 is 23.3 Å². The first-order valence-corrected chi connectivity index (χ1v) is 9.66. The number of methoxy groups -OCH3 is 1. The number of urea groups is 1. The monoisotopic (exact) mass is 387 g/mol. The largest absolute Gasteiger partial charge is 0.497 e. The summed E-state index contributed by atoms with van der Waals surface area (Å²) >= 11 is 6.06. The zero-order chi connectivity index (χ0) is 19.1. The van der Waals surface area contributed by atoms with E-state index in [2.05, 4.69) is 21.6 Å². The number of likely N-dealkylation sites (tertiary alicyclic amines) is 1. The lowest BCUT2D eigenvalue weighted by molar-refractivity contribution is 0.176. The van der Waals surface area contributed by atoms with Gasteiger partial charge in [0.2, 0.25) is 0 Å². The molecular weight excluding hydrogens is 362 g/mol. The Balaban J connectivity index is 1.38. The van der Waals surface area contributed by atoms with Gasteiger partial charge < -0.3 is 15.4 Å². The summed E-state index contributed by atoms with van der Waals surface area (Å²) in [5.41, 5.74) is 1.97. The minimum absolute atomic E-state index is 0.176. The van der Waals surface area contributed by atoms with E-state index in [1.54, 1.807) is 13.2 Å². The Morgan fingerprint density at radius 1 is 1.19 bits per heavy atom. The van der Waals surface area contributed by atoms with E-state index in [0.717, 1.165) is 48.9 Å². The Hall–Kier alpha value is -2.24. The van der Waals surface area contributed by atoms with Crippen molar-refractivity contribution in [1.82, 2.24) is 10.2 Å².